The Kier molecular flexibility index (Phi) is 10.2. The summed E-state index contributed by atoms with van der Waals surface area (Å²) in [6.07, 6.45) is 7.27. The zero-order chi connectivity index (χ0) is 23.8. The Morgan fingerprint density at radius 3 is 2.88 bits per heavy atom. The highest BCUT2D eigenvalue weighted by atomic mass is 32.2. The Hall–Kier alpha value is -0.990. The lowest BCUT2D eigenvalue weighted by Gasteiger charge is -2.36. The predicted octanol–water partition coefficient (Wildman–Crippen LogP) is 6.26. The number of hydrogen-bond donors (Lipinski definition) is 2. The van der Waals surface area contributed by atoms with Crippen LogP contribution in [0.2, 0.25) is 0 Å². The van der Waals surface area contributed by atoms with Gasteiger partial charge in [0, 0.05) is 28.7 Å². The van der Waals surface area contributed by atoms with E-state index in [2.05, 4.69) is 23.5 Å². The fourth-order valence-corrected chi connectivity index (χ4v) is 10.1. The standard InChI is InChI=1S/C25H36O5S3/c1-3-6-21-22(9-8-20(17(2)26)24(21)29)30-11-5-12-31-15-19-16-32-25(33-19)10-4-7-18(14-25)13-23(27)28/h8-9,18-19,29H,3-7,10-16H2,1-2H3,(H,27,28). The summed E-state index contributed by atoms with van der Waals surface area (Å²) in [7, 11) is 0. The smallest absolute Gasteiger partial charge is 0.303 e. The van der Waals surface area contributed by atoms with E-state index in [4.69, 9.17) is 9.84 Å². The van der Waals surface area contributed by atoms with E-state index < -0.39 is 5.97 Å². The molecule has 1 heterocycles. The van der Waals surface area contributed by atoms with E-state index in [1.54, 1.807) is 6.07 Å². The van der Waals surface area contributed by atoms with Crippen LogP contribution in [0.25, 0.3) is 0 Å². The third kappa shape index (κ3) is 7.49. The molecule has 1 aromatic rings. The number of benzene rings is 1. The Labute approximate surface area is 210 Å². The molecule has 2 fully saturated rings. The zero-order valence-electron chi connectivity index (χ0n) is 19.6. The maximum atomic E-state index is 11.7. The maximum absolute atomic E-state index is 11.7. The van der Waals surface area contributed by atoms with Crippen LogP contribution in [0.1, 0.15) is 74.7 Å². The van der Waals surface area contributed by atoms with Crippen molar-refractivity contribution < 1.29 is 24.5 Å². The van der Waals surface area contributed by atoms with Crippen molar-refractivity contribution in [3.63, 3.8) is 0 Å². The molecule has 3 unspecified atom stereocenters. The third-order valence-corrected chi connectivity index (χ3v) is 11.5. The molecule has 2 N–H and O–H groups in total. The number of Topliss-reactive ketones (excluding diaryl/α,β-unsaturated/α-hetero) is 1. The Morgan fingerprint density at radius 2 is 2.15 bits per heavy atom. The first-order valence-corrected chi connectivity index (χ1v) is 15.0. The third-order valence-electron chi connectivity index (χ3n) is 6.26. The number of rotatable bonds is 12. The molecule has 1 aliphatic heterocycles. The summed E-state index contributed by atoms with van der Waals surface area (Å²) in [5, 5.41) is 20.2. The average Bonchev–Trinajstić information content (AvgIpc) is 3.13. The van der Waals surface area contributed by atoms with Crippen molar-refractivity contribution in [1.82, 2.24) is 0 Å². The van der Waals surface area contributed by atoms with Crippen molar-refractivity contribution in [3.05, 3.63) is 23.3 Å². The normalized spacial score (nSPS) is 24.8. The molecular weight excluding hydrogens is 476 g/mol. The van der Waals surface area contributed by atoms with Crippen LogP contribution in [-0.2, 0) is 11.2 Å². The van der Waals surface area contributed by atoms with Crippen molar-refractivity contribution in [2.75, 3.05) is 23.9 Å². The van der Waals surface area contributed by atoms with Gasteiger partial charge in [0.05, 0.1) is 16.2 Å². The maximum Gasteiger partial charge on any atom is 0.303 e. The highest BCUT2D eigenvalue weighted by Crippen LogP contribution is 2.57. The van der Waals surface area contributed by atoms with Crippen LogP contribution < -0.4 is 4.74 Å². The van der Waals surface area contributed by atoms with E-state index in [-0.39, 0.29) is 15.6 Å². The first kappa shape index (κ1) is 26.6. The molecule has 33 heavy (non-hydrogen) atoms. The van der Waals surface area contributed by atoms with Crippen molar-refractivity contribution in [2.24, 2.45) is 5.92 Å². The molecule has 2 aliphatic rings. The lowest BCUT2D eigenvalue weighted by atomic mass is 9.86. The number of phenols is 1. The summed E-state index contributed by atoms with van der Waals surface area (Å²) in [5.74, 6) is 3.60. The highest BCUT2D eigenvalue weighted by Gasteiger charge is 2.44. The minimum absolute atomic E-state index is 0.0641. The molecule has 0 amide bonds. The number of thioether (sulfide) groups is 3. The number of carboxylic acid groups (broad SMARTS) is 1. The zero-order valence-corrected chi connectivity index (χ0v) is 22.1. The Bertz CT molecular complexity index is 831. The van der Waals surface area contributed by atoms with Crippen molar-refractivity contribution >= 4 is 47.0 Å². The number of hydrogen-bond acceptors (Lipinski definition) is 7. The minimum atomic E-state index is -0.661. The molecule has 8 heteroatoms. The van der Waals surface area contributed by atoms with Gasteiger partial charge in [0.25, 0.3) is 0 Å². The van der Waals surface area contributed by atoms with Crippen molar-refractivity contribution in [1.29, 1.82) is 0 Å². The minimum Gasteiger partial charge on any atom is -0.507 e. The van der Waals surface area contributed by atoms with Gasteiger partial charge in [0.1, 0.15) is 11.5 Å². The molecule has 0 aromatic heterocycles. The highest BCUT2D eigenvalue weighted by molar-refractivity contribution is 8.22. The van der Waals surface area contributed by atoms with Gasteiger partial charge in [0.2, 0.25) is 0 Å². The first-order valence-electron chi connectivity index (χ1n) is 11.9. The Balaban J connectivity index is 1.38. The molecule has 3 rings (SSSR count). The van der Waals surface area contributed by atoms with E-state index in [0.717, 1.165) is 54.9 Å². The van der Waals surface area contributed by atoms with E-state index in [9.17, 15) is 14.7 Å². The van der Waals surface area contributed by atoms with Crippen LogP contribution in [0, 0.1) is 5.92 Å². The van der Waals surface area contributed by atoms with Gasteiger partial charge in [-0.25, -0.2) is 0 Å². The van der Waals surface area contributed by atoms with Crippen LogP contribution >= 0.6 is 35.3 Å². The molecule has 0 radical (unpaired) electrons. The Morgan fingerprint density at radius 1 is 1.33 bits per heavy atom. The average molecular weight is 513 g/mol. The van der Waals surface area contributed by atoms with Crippen LogP contribution in [0.5, 0.6) is 11.5 Å². The van der Waals surface area contributed by atoms with E-state index in [1.807, 2.05) is 24.8 Å². The second-order valence-electron chi connectivity index (χ2n) is 9.04. The molecule has 1 saturated carbocycles. The quantitative estimate of drug-likeness (QED) is 0.251. The van der Waals surface area contributed by atoms with Gasteiger partial charge in [-0.05, 0) is 62.8 Å². The van der Waals surface area contributed by atoms with Crippen molar-refractivity contribution in [2.45, 2.75) is 74.5 Å². The SMILES string of the molecule is CCCc1c(OCCCSCC2CSC3(CCCC(CC(=O)O)C3)S2)ccc(C(C)=O)c1O. The second kappa shape index (κ2) is 12.6. The van der Waals surface area contributed by atoms with Gasteiger partial charge in [0.15, 0.2) is 5.78 Å². The molecule has 1 aromatic carbocycles. The summed E-state index contributed by atoms with van der Waals surface area (Å²) < 4.78 is 6.22. The van der Waals surface area contributed by atoms with Crippen LogP contribution in [-0.4, -0.2) is 55.2 Å². The molecule has 1 spiro atoms. The van der Waals surface area contributed by atoms with Crippen LogP contribution in [0.4, 0.5) is 0 Å². The molecule has 1 aliphatic carbocycles. The number of carboxylic acids is 1. The van der Waals surface area contributed by atoms with E-state index >= 15 is 0 Å². The topological polar surface area (TPSA) is 83.8 Å². The predicted molar refractivity (Wildman–Crippen MR) is 140 cm³/mol. The van der Waals surface area contributed by atoms with E-state index in [0.29, 0.717) is 41.9 Å². The number of aliphatic carboxylic acids is 1. The van der Waals surface area contributed by atoms with Gasteiger partial charge in [-0.3, -0.25) is 9.59 Å². The summed E-state index contributed by atoms with van der Waals surface area (Å²) in [4.78, 5) is 22.8. The van der Waals surface area contributed by atoms with Gasteiger partial charge in [-0.1, -0.05) is 19.8 Å². The van der Waals surface area contributed by atoms with Gasteiger partial charge >= 0.3 is 5.97 Å². The summed E-state index contributed by atoms with van der Waals surface area (Å²) in [6.45, 7) is 4.10. The fraction of sp³-hybridized carbons (Fsp3) is 0.680. The van der Waals surface area contributed by atoms with Gasteiger partial charge in [-0.2, -0.15) is 11.8 Å². The lowest BCUT2D eigenvalue weighted by Crippen LogP contribution is -2.28. The fourth-order valence-electron chi connectivity index (χ4n) is 4.75. The number of ketones is 1. The second-order valence-corrected chi connectivity index (χ2v) is 13.5. The molecule has 1 saturated heterocycles. The molecule has 3 atom stereocenters. The molecule has 184 valence electrons. The monoisotopic (exact) mass is 512 g/mol. The van der Waals surface area contributed by atoms with Crippen molar-refractivity contribution in [3.8, 4) is 11.5 Å². The number of carbonyl (C=O) groups excluding carboxylic acids is 1. The molecule has 5 nitrogen and oxygen atoms in total. The number of phenolic OH excluding ortho intramolecular Hbond substituents is 1. The lowest BCUT2D eigenvalue weighted by molar-refractivity contribution is -0.138. The number of carbonyl (C=O) groups is 2. The molecular formula is C25H36O5S3. The largest absolute Gasteiger partial charge is 0.507 e. The van der Waals surface area contributed by atoms with Gasteiger partial charge in [-0.15, -0.1) is 23.5 Å². The van der Waals surface area contributed by atoms with Gasteiger partial charge < -0.3 is 14.9 Å². The van der Waals surface area contributed by atoms with Crippen LogP contribution in [0.3, 0.4) is 0 Å². The van der Waals surface area contributed by atoms with Crippen LogP contribution in [0.15, 0.2) is 12.1 Å². The van der Waals surface area contributed by atoms with E-state index in [1.165, 1.54) is 13.3 Å². The summed E-state index contributed by atoms with van der Waals surface area (Å²) >= 11 is 6.13. The first-order chi connectivity index (χ1) is 15.8. The number of aromatic hydroxyl groups is 1. The molecule has 0 bridgehead atoms. The summed E-state index contributed by atoms with van der Waals surface area (Å²) in [5.41, 5.74) is 1.09. The summed E-state index contributed by atoms with van der Waals surface area (Å²) in [6, 6.07) is 3.46. The number of ether oxygens (including phenoxy) is 1.